The number of benzene rings is 1. The zero-order valence-corrected chi connectivity index (χ0v) is 26.6. The van der Waals surface area contributed by atoms with Gasteiger partial charge >= 0.3 is 0 Å². The first-order valence-electron chi connectivity index (χ1n) is 15.7. The SMILES string of the molecule is COC1=C(c2ccccc2C(C)C)C(C(C)C)(P(C2CCCCC2)C2CCCCC2)C(OC)C(C(C)C)=C1. The molecule has 212 valence electrons. The lowest BCUT2D eigenvalue weighted by Crippen LogP contribution is -2.54. The van der Waals surface area contributed by atoms with E-state index in [0.717, 1.165) is 17.1 Å². The maximum absolute atomic E-state index is 6.81. The van der Waals surface area contributed by atoms with Gasteiger partial charge in [0.1, 0.15) is 5.76 Å². The van der Waals surface area contributed by atoms with Crippen molar-refractivity contribution in [3.05, 3.63) is 52.8 Å². The summed E-state index contributed by atoms with van der Waals surface area (Å²) in [4.78, 5) is 0. The molecule has 0 aliphatic heterocycles. The summed E-state index contributed by atoms with van der Waals surface area (Å²) >= 11 is 0. The standard InChI is InChI=1S/C35H55O2P/c1-24(2)29-21-15-16-22-30(29)33-32(36-7)23-31(25(3)4)34(37-8)35(33,26(5)6)38(27-17-11-9-12-18-27)28-19-13-10-14-20-28/h15-16,21-28,34H,9-14,17-20H2,1-8H3. The van der Waals surface area contributed by atoms with Crippen LogP contribution in [-0.4, -0.2) is 36.8 Å². The van der Waals surface area contributed by atoms with Gasteiger partial charge in [0.05, 0.1) is 18.4 Å². The molecule has 0 spiro atoms. The number of rotatable bonds is 9. The first-order chi connectivity index (χ1) is 18.3. The zero-order valence-electron chi connectivity index (χ0n) is 25.7. The number of hydrogen-bond donors (Lipinski definition) is 0. The van der Waals surface area contributed by atoms with E-state index >= 15 is 0 Å². The molecule has 3 heteroatoms. The Morgan fingerprint density at radius 1 is 0.763 bits per heavy atom. The molecule has 2 fully saturated rings. The Morgan fingerprint density at radius 3 is 1.76 bits per heavy atom. The summed E-state index contributed by atoms with van der Waals surface area (Å²) in [5, 5.41) is -0.0706. The Kier molecular flexibility index (Phi) is 10.2. The Hall–Kier alpha value is -1.11. The Bertz CT molecular complexity index is 959. The third kappa shape index (κ3) is 5.43. The lowest BCUT2D eigenvalue weighted by atomic mass is 9.70. The summed E-state index contributed by atoms with van der Waals surface area (Å²) in [5.74, 6) is 2.42. The number of ether oxygens (including phenoxy) is 2. The Labute approximate surface area is 235 Å². The van der Waals surface area contributed by atoms with Gasteiger partial charge in [0.2, 0.25) is 0 Å². The highest BCUT2D eigenvalue weighted by molar-refractivity contribution is 7.61. The summed E-state index contributed by atoms with van der Waals surface area (Å²) in [6.45, 7) is 14.4. The van der Waals surface area contributed by atoms with Crippen molar-refractivity contribution in [1.82, 2.24) is 0 Å². The van der Waals surface area contributed by atoms with Crippen molar-refractivity contribution in [1.29, 1.82) is 0 Å². The van der Waals surface area contributed by atoms with Gasteiger partial charge in [-0.25, -0.2) is 0 Å². The van der Waals surface area contributed by atoms with Crippen LogP contribution in [0.25, 0.3) is 5.57 Å². The molecular formula is C35H55O2P. The van der Waals surface area contributed by atoms with Crippen molar-refractivity contribution in [2.45, 2.75) is 134 Å². The van der Waals surface area contributed by atoms with Crippen LogP contribution >= 0.6 is 7.92 Å². The summed E-state index contributed by atoms with van der Waals surface area (Å²) in [6, 6.07) is 9.23. The summed E-state index contributed by atoms with van der Waals surface area (Å²) in [6.07, 6.45) is 16.5. The molecule has 2 atom stereocenters. The Morgan fingerprint density at radius 2 is 1.32 bits per heavy atom. The van der Waals surface area contributed by atoms with E-state index in [9.17, 15) is 0 Å². The summed E-state index contributed by atoms with van der Waals surface area (Å²) in [5.41, 5.74) is 7.38. The van der Waals surface area contributed by atoms with E-state index in [1.165, 1.54) is 86.5 Å². The van der Waals surface area contributed by atoms with E-state index in [2.05, 4.69) is 71.9 Å². The quantitative estimate of drug-likeness (QED) is 0.291. The lowest BCUT2D eigenvalue weighted by Gasteiger charge is -2.59. The molecule has 0 aromatic heterocycles. The molecule has 38 heavy (non-hydrogen) atoms. The fourth-order valence-corrected chi connectivity index (χ4v) is 13.4. The molecule has 0 bridgehead atoms. The van der Waals surface area contributed by atoms with Crippen molar-refractivity contribution >= 4 is 13.5 Å². The van der Waals surface area contributed by atoms with E-state index in [-0.39, 0.29) is 19.2 Å². The second-order valence-electron chi connectivity index (χ2n) is 13.1. The molecule has 2 nitrogen and oxygen atoms in total. The van der Waals surface area contributed by atoms with E-state index in [4.69, 9.17) is 9.47 Å². The van der Waals surface area contributed by atoms with E-state index < -0.39 is 0 Å². The molecular weight excluding hydrogens is 483 g/mol. The van der Waals surface area contributed by atoms with Gasteiger partial charge in [0, 0.05) is 12.7 Å². The molecule has 0 radical (unpaired) electrons. The van der Waals surface area contributed by atoms with Crippen molar-refractivity contribution in [3.8, 4) is 0 Å². The van der Waals surface area contributed by atoms with Crippen molar-refractivity contribution < 1.29 is 9.47 Å². The highest BCUT2D eigenvalue weighted by atomic mass is 31.1. The number of hydrogen-bond acceptors (Lipinski definition) is 2. The number of methoxy groups -OCH3 is 2. The average molecular weight is 539 g/mol. The van der Waals surface area contributed by atoms with Gasteiger partial charge in [-0.3, -0.25) is 0 Å². The highest BCUT2D eigenvalue weighted by Crippen LogP contribution is 2.73. The van der Waals surface area contributed by atoms with Crippen LogP contribution in [0.1, 0.15) is 123 Å². The fraction of sp³-hybridized carbons (Fsp3) is 0.714. The van der Waals surface area contributed by atoms with Gasteiger partial charge in [0.25, 0.3) is 0 Å². The summed E-state index contributed by atoms with van der Waals surface area (Å²) in [7, 11) is 3.54. The van der Waals surface area contributed by atoms with Crippen LogP contribution in [-0.2, 0) is 9.47 Å². The molecule has 3 aliphatic carbocycles. The molecule has 0 N–H and O–H groups in total. The van der Waals surface area contributed by atoms with E-state index in [1.54, 1.807) is 0 Å². The molecule has 1 aromatic carbocycles. The Balaban J connectivity index is 2.11. The second kappa shape index (κ2) is 13.0. The molecule has 0 saturated heterocycles. The van der Waals surface area contributed by atoms with Gasteiger partial charge in [-0.1, -0.05) is 112 Å². The topological polar surface area (TPSA) is 18.5 Å². The predicted octanol–water partition coefficient (Wildman–Crippen LogP) is 10.3. The monoisotopic (exact) mass is 538 g/mol. The van der Waals surface area contributed by atoms with Crippen LogP contribution in [0.2, 0.25) is 0 Å². The van der Waals surface area contributed by atoms with Crippen LogP contribution in [0.4, 0.5) is 0 Å². The minimum absolute atomic E-state index is 0.0706. The molecule has 3 aliphatic rings. The van der Waals surface area contributed by atoms with E-state index in [1.807, 2.05) is 14.2 Å². The van der Waals surface area contributed by atoms with Crippen LogP contribution in [0.15, 0.2) is 41.7 Å². The van der Waals surface area contributed by atoms with Gasteiger partial charge in [0.15, 0.2) is 0 Å². The van der Waals surface area contributed by atoms with Crippen molar-refractivity contribution in [2.24, 2.45) is 11.8 Å². The van der Waals surface area contributed by atoms with Gasteiger partial charge in [-0.15, -0.1) is 0 Å². The first-order valence-corrected chi connectivity index (χ1v) is 17.2. The van der Waals surface area contributed by atoms with Crippen LogP contribution < -0.4 is 0 Å². The third-order valence-corrected chi connectivity index (χ3v) is 14.3. The zero-order chi connectivity index (χ0) is 27.4. The molecule has 0 heterocycles. The molecule has 2 unspecified atom stereocenters. The largest absolute Gasteiger partial charge is 0.496 e. The first kappa shape index (κ1) is 29.9. The van der Waals surface area contributed by atoms with Crippen molar-refractivity contribution in [3.63, 3.8) is 0 Å². The molecule has 1 aromatic rings. The average Bonchev–Trinajstić information content (AvgIpc) is 2.93. The lowest BCUT2D eigenvalue weighted by molar-refractivity contribution is 0.0843. The normalized spacial score (nSPS) is 26.1. The molecule has 0 amide bonds. The highest BCUT2D eigenvalue weighted by Gasteiger charge is 2.59. The maximum atomic E-state index is 6.81. The number of allylic oxidation sites excluding steroid dienone is 1. The van der Waals surface area contributed by atoms with Gasteiger partial charge in [-0.2, -0.15) is 0 Å². The summed E-state index contributed by atoms with van der Waals surface area (Å²) < 4.78 is 13.3. The predicted molar refractivity (Wildman–Crippen MR) is 166 cm³/mol. The van der Waals surface area contributed by atoms with Crippen LogP contribution in [0.5, 0.6) is 0 Å². The van der Waals surface area contributed by atoms with Crippen molar-refractivity contribution in [2.75, 3.05) is 14.2 Å². The second-order valence-corrected chi connectivity index (χ2v) is 16.1. The third-order valence-electron chi connectivity index (χ3n) is 9.87. The van der Waals surface area contributed by atoms with Gasteiger partial charge in [-0.05, 0) is 77.5 Å². The minimum atomic E-state index is -0.366. The molecule has 2 saturated carbocycles. The molecule has 4 rings (SSSR count). The van der Waals surface area contributed by atoms with E-state index in [0.29, 0.717) is 17.8 Å². The minimum Gasteiger partial charge on any atom is -0.496 e. The smallest absolute Gasteiger partial charge is 0.123 e. The van der Waals surface area contributed by atoms with Crippen LogP contribution in [0.3, 0.4) is 0 Å². The fourth-order valence-electron chi connectivity index (χ4n) is 8.18. The maximum Gasteiger partial charge on any atom is 0.123 e. The van der Waals surface area contributed by atoms with Gasteiger partial charge < -0.3 is 9.47 Å². The van der Waals surface area contributed by atoms with Crippen LogP contribution in [0, 0.1) is 11.8 Å².